The Hall–Kier alpha value is -1.06. The number of piperazine rings is 1. The molecule has 0 amide bonds. The van der Waals surface area contributed by atoms with Crippen LogP contribution >= 0.6 is 0 Å². The van der Waals surface area contributed by atoms with Gasteiger partial charge in [0, 0.05) is 31.7 Å². The van der Waals surface area contributed by atoms with E-state index in [1.54, 1.807) is 0 Å². The van der Waals surface area contributed by atoms with Gasteiger partial charge in [-0.25, -0.2) is 0 Å². The molecule has 2 heterocycles. The van der Waals surface area contributed by atoms with Gasteiger partial charge in [0.25, 0.3) is 0 Å². The highest BCUT2D eigenvalue weighted by Gasteiger charge is 2.35. The smallest absolute Gasteiger partial charge is 0.119 e. The van der Waals surface area contributed by atoms with Gasteiger partial charge in [0.2, 0.25) is 0 Å². The molecule has 0 radical (unpaired) electrons. The third-order valence-electron chi connectivity index (χ3n) is 5.52. The van der Waals surface area contributed by atoms with Crippen molar-refractivity contribution in [3.8, 4) is 5.75 Å². The highest BCUT2D eigenvalue weighted by molar-refractivity contribution is 5.44. The molecule has 2 saturated heterocycles. The molecule has 4 rings (SSSR count). The van der Waals surface area contributed by atoms with Gasteiger partial charge in [-0.3, -0.25) is 9.80 Å². The lowest BCUT2D eigenvalue weighted by molar-refractivity contribution is 0.0271. The van der Waals surface area contributed by atoms with Gasteiger partial charge in [-0.05, 0) is 49.4 Å². The second-order valence-electron chi connectivity index (χ2n) is 6.58. The van der Waals surface area contributed by atoms with E-state index in [1.165, 1.54) is 63.0 Å². The van der Waals surface area contributed by atoms with Crippen molar-refractivity contribution >= 4 is 0 Å². The van der Waals surface area contributed by atoms with Gasteiger partial charge in [0.15, 0.2) is 0 Å². The predicted octanol–water partition coefficient (Wildman–Crippen LogP) is 2.55. The van der Waals surface area contributed by atoms with Gasteiger partial charge >= 0.3 is 0 Å². The molecule has 0 aromatic heterocycles. The summed E-state index contributed by atoms with van der Waals surface area (Å²) in [5.41, 5.74) is 2.58. The number of phenols is 1. The van der Waals surface area contributed by atoms with Crippen LogP contribution in [0.3, 0.4) is 0 Å². The fourth-order valence-electron chi connectivity index (χ4n) is 4.46. The maximum absolute atomic E-state index is 10.0. The number of nitrogens with zero attached hydrogens (tertiary/aromatic N) is 2. The third kappa shape index (κ3) is 2.04. The number of aromatic hydroxyl groups is 1. The maximum atomic E-state index is 10.0. The largest absolute Gasteiger partial charge is 0.508 e. The SMILES string of the molecule is Oc1cccc2c1CCC2N1CCN2CCCCC2C1. The summed E-state index contributed by atoms with van der Waals surface area (Å²) in [7, 11) is 0. The van der Waals surface area contributed by atoms with Crippen molar-refractivity contribution in [1.82, 2.24) is 9.80 Å². The standard InChI is InChI=1S/C17H24N2O/c20-17-6-3-5-14-15(17)7-8-16(14)19-11-10-18-9-2-1-4-13(18)12-19/h3,5-6,13,16,20H,1-2,4,7-12H2. The molecule has 2 unspecified atom stereocenters. The Bertz CT molecular complexity index is 502. The average molecular weight is 272 g/mol. The summed E-state index contributed by atoms with van der Waals surface area (Å²) >= 11 is 0. The molecule has 0 spiro atoms. The molecule has 1 aliphatic carbocycles. The topological polar surface area (TPSA) is 26.7 Å². The number of benzene rings is 1. The number of rotatable bonds is 1. The summed E-state index contributed by atoms with van der Waals surface area (Å²) in [5.74, 6) is 0.501. The first-order valence-electron chi connectivity index (χ1n) is 8.12. The number of hydrogen-bond donors (Lipinski definition) is 1. The zero-order valence-electron chi connectivity index (χ0n) is 12.1. The van der Waals surface area contributed by atoms with Crippen LogP contribution in [0.5, 0.6) is 5.75 Å². The molecule has 3 heteroatoms. The first-order chi connectivity index (χ1) is 9.83. The fraction of sp³-hybridized carbons (Fsp3) is 0.647. The van der Waals surface area contributed by atoms with Gasteiger partial charge in [0.1, 0.15) is 5.75 Å². The maximum Gasteiger partial charge on any atom is 0.119 e. The Balaban J connectivity index is 1.54. The van der Waals surface area contributed by atoms with E-state index < -0.39 is 0 Å². The summed E-state index contributed by atoms with van der Waals surface area (Å²) in [6.45, 7) is 4.95. The second kappa shape index (κ2) is 5.05. The molecule has 2 atom stereocenters. The van der Waals surface area contributed by atoms with Crippen molar-refractivity contribution < 1.29 is 5.11 Å². The zero-order valence-corrected chi connectivity index (χ0v) is 12.1. The summed E-state index contributed by atoms with van der Waals surface area (Å²) < 4.78 is 0. The lowest BCUT2D eigenvalue weighted by Crippen LogP contribution is -2.55. The van der Waals surface area contributed by atoms with E-state index >= 15 is 0 Å². The molecule has 1 N–H and O–H groups in total. The molecule has 3 aliphatic rings. The van der Waals surface area contributed by atoms with Crippen LogP contribution in [0.15, 0.2) is 18.2 Å². The summed E-state index contributed by atoms with van der Waals surface area (Å²) in [4.78, 5) is 5.37. The molecule has 0 saturated carbocycles. The molecular weight excluding hydrogens is 248 g/mol. The van der Waals surface area contributed by atoms with Crippen molar-refractivity contribution in [3.05, 3.63) is 29.3 Å². The molecule has 1 aromatic rings. The molecular formula is C17H24N2O. The number of hydrogen-bond acceptors (Lipinski definition) is 3. The molecule has 0 bridgehead atoms. The monoisotopic (exact) mass is 272 g/mol. The van der Waals surface area contributed by atoms with Crippen LogP contribution in [0.25, 0.3) is 0 Å². The minimum atomic E-state index is 0.501. The minimum absolute atomic E-state index is 0.501. The van der Waals surface area contributed by atoms with E-state index in [4.69, 9.17) is 0 Å². The zero-order chi connectivity index (χ0) is 13.5. The van der Waals surface area contributed by atoms with Gasteiger partial charge in [-0.2, -0.15) is 0 Å². The molecule has 108 valence electrons. The quantitative estimate of drug-likeness (QED) is 0.851. The van der Waals surface area contributed by atoms with Crippen LogP contribution in [-0.4, -0.2) is 47.1 Å². The van der Waals surface area contributed by atoms with Crippen molar-refractivity contribution in [2.24, 2.45) is 0 Å². The first kappa shape index (κ1) is 12.7. The Morgan fingerprint density at radius 3 is 2.85 bits per heavy atom. The van der Waals surface area contributed by atoms with Gasteiger partial charge < -0.3 is 5.11 Å². The number of fused-ring (bicyclic) bond motifs is 2. The summed E-state index contributed by atoms with van der Waals surface area (Å²) in [5, 5.41) is 10.0. The van der Waals surface area contributed by atoms with Crippen LogP contribution < -0.4 is 0 Å². The molecule has 2 fully saturated rings. The van der Waals surface area contributed by atoms with E-state index in [1.807, 2.05) is 12.1 Å². The van der Waals surface area contributed by atoms with Crippen LogP contribution in [0.4, 0.5) is 0 Å². The lowest BCUT2D eigenvalue weighted by Gasteiger charge is -2.46. The van der Waals surface area contributed by atoms with Gasteiger partial charge in [-0.1, -0.05) is 18.6 Å². The fourth-order valence-corrected chi connectivity index (χ4v) is 4.46. The highest BCUT2D eigenvalue weighted by atomic mass is 16.3. The van der Waals surface area contributed by atoms with E-state index in [-0.39, 0.29) is 0 Å². The van der Waals surface area contributed by atoms with E-state index in [9.17, 15) is 5.11 Å². The molecule has 2 aliphatic heterocycles. The lowest BCUT2D eigenvalue weighted by atomic mass is 9.97. The van der Waals surface area contributed by atoms with Crippen LogP contribution in [0, 0.1) is 0 Å². The minimum Gasteiger partial charge on any atom is -0.508 e. The van der Waals surface area contributed by atoms with Crippen LogP contribution in [-0.2, 0) is 6.42 Å². The van der Waals surface area contributed by atoms with E-state index in [2.05, 4.69) is 15.9 Å². The first-order valence-corrected chi connectivity index (χ1v) is 8.12. The normalized spacial score (nSPS) is 31.0. The predicted molar refractivity (Wildman–Crippen MR) is 80.0 cm³/mol. The Morgan fingerprint density at radius 1 is 1.00 bits per heavy atom. The molecule has 3 nitrogen and oxygen atoms in total. The van der Waals surface area contributed by atoms with E-state index in [0.29, 0.717) is 11.8 Å². The van der Waals surface area contributed by atoms with Crippen molar-refractivity contribution in [3.63, 3.8) is 0 Å². The van der Waals surface area contributed by atoms with E-state index in [0.717, 1.165) is 12.5 Å². The van der Waals surface area contributed by atoms with Crippen molar-refractivity contribution in [1.29, 1.82) is 0 Å². The van der Waals surface area contributed by atoms with Gasteiger partial charge in [-0.15, -0.1) is 0 Å². The Kier molecular flexibility index (Phi) is 3.20. The Labute approximate surface area is 121 Å². The van der Waals surface area contributed by atoms with Crippen LogP contribution in [0.2, 0.25) is 0 Å². The molecule has 20 heavy (non-hydrogen) atoms. The summed E-state index contributed by atoms with van der Waals surface area (Å²) in [6, 6.07) is 7.38. The van der Waals surface area contributed by atoms with Gasteiger partial charge in [0.05, 0.1) is 0 Å². The average Bonchev–Trinajstić information content (AvgIpc) is 2.92. The van der Waals surface area contributed by atoms with Crippen molar-refractivity contribution in [2.75, 3.05) is 26.2 Å². The van der Waals surface area contributed by atoms with Crippen molar-refractivity contribution in [2.45, 2.75) is 44.2 Å². The summed E-state index contributed by atoms with van der Waals surface area (Å²) in [6.07, 6.45) is 6.38. The van der Waals surface area contributed by atoms with Crippen LogP contribution in [0.1, 0.15) is 42.9 Å². The third-order valence-corrected chi connectivity index (χ3v) is 5.52. The Morgan fingerprint density at radius 2 is 1.90 bits per heavy atom. The molecule has 1 aromatic carbocycles. The highest BCUT2D eigenvalue weighted by Crippen LogP contribution is 2.40. The second-order valence-corrected chi connectivity index (χ2v) is 6.58. The number of phenolic OH excluding ortho intramolecular Hbond substituents is 1. The number of piperidine rings is 1.